The second kappa shape index (κ2) is 6.65. The van der Waals surface area contributed by atoms with Crippen molar-refractivity contribution in [1.29, 1.82) is 0 Å². The SMILES string of the molecule is NCc1cc(Br)c(OCc2ccc(F)cc2F)c(Br)c1. The van der Waals surface area contributed by atoms with E-state index in [2.05, 4.69) is 31.9 Å². The fourth-order valence-corrected chi connectivity index (χ4v) is 3.17. The van der Waals surface area contributed by atoms with Crippen LogP contribution in [0.5, 0.6) is 5.75 Å². The lowest BCUT2D eigenvalue weighted by Crippen LogP contribution is -2.02. The molecule has 0 saturated carbocycles. The molecule has 2 rings (SSSR count). The molecular weight excluding hydrogens is 396 g/mol. The summed E-state index contributed by atoms with van der Waals surface area (Å²) >= 11 is 6.76. The first-order valence-electron chi connectivity index (χ1n) is 5.76. The largest absolute Gasteiger partial charge is 0.486 e. The standard InChI is InChI=1S/C14H11Br2F2NO/c15-11-3-8(6-19)4-12(16)14(11)20-7-9-1-2-10(17)5-13(9)18/h1-5H,6-7,19H2. The maximum Gasteiger partial charge on any atom is 0.148 e. The molecule has 0 amide bonds. The summed E-state index contributed by atoms with van der Waals surface area (Å²) in [4.78, 5) is 0. The normalized spacial score (nSPS) is 10.7. The lowest BCUT2D eigenvalue weighted by atomic mass is 10.2. The fraction of sp³-hybridized carbons (Fsp3) is 0.143. The summed E-state index contributed by atoms with van der Waals surface area (Å²) in [6, 6.07) is 7.06. The second-order valence-electron chi connectivity index (χ2n) is 4.12. The third-order valence-corrected chi connectivity index (χ3v) is 3.86. The third-order valence-electron chi connectivity index (χ3n) is 2.68. The number of hydrogen-bond donors (Lipinski definition) is 1. The summed E-state index contributed by atoms with van der Waals surface area (Å²) in [5.41, 5.74) is 6.79. The molecular formula is C14H11Br2F2NO. The minimum atomic E-state index is -0.629. The zero-order valence-corrected chi connectivity index (χ0v) is 13.5. The Kier molecular flexibility index (Phi) is 5.12. The Morgan fingerprint density at radius 2 is 1.70 bits per heavy atom. The van der Waals surface area contributed by atoms with Gasteiger partial charge in [0.2, 0.25) is 0 Å². The van der Waals surface area contributed by atoms with E-state index in [0.717, 1.165) is 20.6 Å². The zero-order chi connectivity index (χ0) is 14.7. The van der Waals surface area contributed by atoms with Crippen molar-refractivity contribution in [1.82, 2.24) is 0 Å². The van der Waals surface area contributed by atoms with E-state index in [1.165, 1.54) is 12.1 Å². The highest BCUT2D eigenvalue weighted by molar-refractivity contribution is 9.11. The van der Waals surface area contributed by atoms with Crippen molar-refractivity contribution in [3.8, 4) is 5.75 Å². The van der Waals surface area contributed by atoms with Crippen LogP contribution in [0.15, 0.2) is 39.3 Å². The molecule has 0 aliphatic carbocycles. The molecule has 0 radical (unpaired) electrons. The van der Waals surface area contributed by atoms with Gasteiger partial charge < -0.3 is 10.5 Å². The third kappa shape index (κ3) is 3.56. The smallest absolute Gasteiger partial charge is 0.148 e. The van der Waals surface area contributed by atoms with Crippen molar-refractivity contribution in [3.63, 3.8) is 0 Å². The lowest BCUT2D eigenvalue weighted by molar-refractivity contribution is 0.295. The van der Waals surface area contributed by atoms with Crippen LogP contribution in [0.25, 0.3) is 0 Å². The van der Waals surface area contributed by atoms with Gasteiger partial charge in [-0.3, -0.25) is 0 Å². The molecule has 0 aliphatic rings. The molecule has 0 saturated heterocycles. The molecule has 0 heterocycles. The van der Waals surface area contributed by atoms with Crippen molar-refractivity contribution < 1.29 is 13.5 Å². The van der Waals surface area contributed by atoms with Crippen molar-refractivity contribution in [3.05, 3.63) is 62.0 Å². The molecule has 0 atom stereocenters. The highest BCUT2D eigenvalue weighted by Crippen LogP contribution is 2.35. The second-order valence-corrected chi connectivity index (χ2v) is 5.83. The van der Waals surface area contributed by atoms with Gasteiger partial charge in [0.15, 0.2) is 0 Å². The summed E-state index contributed by atoms with van der Waals surface area (Å²) in [6.45, 7) is 0.412. The van der Waals surface area contributed by atoms with Crippen LogP contribution in [0.1, 0.15) is 11.1 Å². The Morgan fingerprint density at radius 1 is 1.05 bits per heavy atom. The molecule has 20 heavy (non-hydrogen) atoms. The summed E-state index contributed by atoms with van der Waals surface area (Å²) in [7, 11) is 0. The molecule has 0 aromatic heterocycles. The summed E-state index contributed by atoms with van der Waals surface area (Å²) in [5.74, 6) is -0.692. The van der Waals surface area contributed by atoms with E-state index in [-0.39, 0.29) is 12.2 Å². The van der Waals surface area contributed by atoms with E-state index in [1.807, 2.05) is 12.1 Å². The topological polar surface area (TPSA) is 35.2 Å². The first-order chi connectivity index (χ1) is 9.51. The van der Waals surface area contributed by atoms with Crippen LogP contribution in [0.3, 0.4) is 0 Å². The zero-order valence-electron chi connectivity index (χ0n) is 10.3. The fourth-order valence-electron chi connectivity index (χ4n) is 1.66. The van der Waals surface area contributed by atoms with Crippen LogP contribution in [-0.4, -0.2) is 0 Å². The number of halogens is 4. The van der Waals surface area contributed by atoms with E-state index in [9.17, 15) is 8.78 Å². The molecule has 2 N–H and O–H groups in total. The van der Waals surface area contributed by atoms with Gasteiger partial charge in [-0.25, -0.2) is 8.78 Å². The molecule has 0 spiro atoms. The predicted octanol–water partition coefficient (Wildman–Crippen LogP) is 4.53. The van der Waals surface area contributed by atoms with Crippen molar-refractivity contribution in [2.45, 2.75) is 13.2 Å². The average molecular weight is 407 g/mol. The van der Waals surface area contributed by atoms with E-state index < -0.39 is 11.6 Å². The van der Waals surface area contributed by atoms with Gasteiger partial charge in [0.25, 0.3) is 0 Å². The maximum atomic E-state index is 13.5. The average Bonchev–Trinajstić information content (AvgIpc) is 2.39. The van der Waals surface area contributed by atoms with Crippen LogP contribution >= 0.6 is 31.9 Å². The Labute approximate surface area is 132 Å². The number of benzene rings is 2. The molecule has 6 heteroatoms. The van der Waals surface area contributed by atoms with Crippen LogP contribution in [0, 0.1) is 11.6 Å². The Balaban J connectivity index is 2.19. The Morgan fingerprint density at radius 3 is 2.25 bits per heavy atom. The molecule has 106 valence electrons. The first kappa shape index (κ1) is 15.4. The van der Waals surface area contributed by atoms with Crippen molar-refractivity contribution in [2.24, 2.45) is 5.73 Å². The number of nitrogens with two attached hydrogens (primary N) is 1. The Hall–Kier alpha value is -0.980. The lowest BCUT2D eigenvalue weighted by Gasteiger charge is -2.12. The van der Waals surface area contributed by atoms with Crippen LogP contribution in [-0.2, 0) is 13.2 Å². The monoisotopic (exact) mass is 405 g/mol. The molecule has 0 unspecified atom stereocenters. The molecule has 0 aliphatic heterocycles. The van der Waals surface area contributed by atoms with Gasteiger partial charge in [-0.1, -0.05) is 0 Å². The van der Waals surface area contributed by atoms with E-state index in [1.54, 1.807) is 0 Å². The summed E-state index contributed by atoms with van der Waals surface area (Å²) in [6.07, 6.45) is 0. The van der Waals surface area contributed by atoms with Gasteiger partial charge >= 0.3 is 0 Å². The number of hydrogen-bond acceptors (Lipinski definition) is 2. The van der Waals surface area contributed by atoms with Crippen molar-refractivity contribution >= 4 is 31.9 Å². The quantitative estimate of drug-likeness (QED) is 0.809. The summed E-state index contributed by atoms with van der Waals surface area (Å²) in [5, 5.41) is 0. The summed E-state index contributed by atoms with van der Waals surface area (Å²) < 4.78 is 33.3. The van der Waals surface area contributed by atoms with E-state index >= 15 is 0 Å². The predicted molar refractivity (Wildman–Crippen MR) is 80.4 cm³/mol. The van der Waals surface area contributed by atoms with Crippen LogP contribution in [0.4, 0.5) is 8.78 Å². The van der Waals surface area contributed by atoms with Crippen LogP contribution < -0.4 is 10.5 Å². The first-order valence-corrected chi connectivity index (χ1v) is 7.34. The molecule has 2 nitrogen and oxygen atoms in total. The van der Waals surface area contributed by atoms with Gasteiger partial charge in [0.1, 0.15) is 24.0 Å². The molecule has 2 aromatic rings. The van der Waals surface area contributed by atoms with E-state index in [0.29, 0.717) is 12.3 Å². The molecule has 0 fully saturated rings. The number of ether oxygens (including phenoxy) is 1. The minimum absolute atomic E-state index is 0.00524. The highest BCUT2D eigenvalue weighted by Gasteiger charge is 2.11. The van der Waals surface area contributed by atoms with Gasteiger partial charge in [-0.05, 0) is 61.7 Å². The van der Waals surface area contributed by atoms with Gasteiger partial charge in [-0.2, -0.15) is 0 Å². The number of rotatable bonds is 4. The van der Waals surface area contributed by atoms with Gasteiger partial charge in [0, 0.05) is 18.2 Å². The highest BCUT2D eigenvalue weighted by atomic mass is 79.9. The molecule has 0 bridgehead atoms. The Bertz CT molecular complexity index is 612. The van der Waals surface area contributed by atoms with Gasteiger partial charge in [-0.15, -0.1) is 0 Å². The van der Waals surface area contributed by atoms with Crippen molar-refractivity contribution in [2.75, 3.05) is 0 Å². The van der Waals surface area contributed by atoms with Gasteiger partial charge in [0.05, 0.1) is 8.95 Å². The molecule has 2 aromatic carbocycles. The maximum absolute atomic E-state index is 13.5. The van der Waals surface area contributed by atoms with Crippen LogP contribution in [0.2, 0.25) is 0 Å². The minimum Gasteiger partial charge on any atom is -0.486 e. The van der Waals surface area contributed by atoms with E-state index in [4.69, 9.17) is 10.5 Å².